The van der Waals surface area contributed by atoms with Crippen LogP contribution in [0, 0.1) is 6.42 Å². The minimum Gasteiger partial charge on any atom is -0.352 e. The summed E-state index contributed by atoms with van der Waals surface area (Å²) in [6.45, 7) is 1.10. The van der Waals surface area contributed by atoms with Crippen molar-refractivity contribution in [3.63, 3.8) is 0 Å². The molecule has 0 saturated carbocycles. The van der Waals surface area contributed by atoms with Crippen LogP contribution in [0.25, 0.3) is 43.6 Å². The molecule has 2 aromatic heterocycles. The topological polar surface area (TPSA) is 84.0 Å². The van der Waals surface area contributed by atoms with Crippen LogP contribution in [0.5, 0.6) is 0 Å². The Labute approximate surface area is 259 Å². The highest BCUT2D eigenvalue weighted by Crippen LogP contribution is 2.30. The number of para-hydroxylation sites is 2. The Morgan fingerprint density at radius 2 is 1.07 bits per heavy atom. The first-order valence-corrected chi connectivity index (χ1v) is 15.1. The van der Waals surface area contributed by atoms with Gasteiger partial charge < -0.3 is 10.6 Å². The van der Waals surface area contributed by atoms with Gasteiger partial charge in [-0.3, -0.25) is 9.59 Å². The van der Waals surface area contributed by atoms with Crippen LogP contribution in [0.15, 0.2) is 84.9 Å². The molecule has 0 aliphatic rings. The molecule has 2 amide bonds. The summed E-state index contributed by atoms with van der Waals surface area (Å²) in [5.41, 5.74) is 3.89. The fourth-order valence-corrected chi connectivity index (χ4v) is 5.67. The van der Waals surface area contributed by atoms with Crippen LogP contribution in [-0.4, -0.2) is 34.9 Å². The van der Waals surface area contributed by atoms with E-state index >= 15 is 0 Å². The van der Waals surface area contributed by atoms with E-state index < -0.39 is 0 Å². The highest BCUT2D eigenvalue weighted by atomic mass is 35.5. The molecule has 1 radical (unpaired) electrons. The number of halogens is 2. The molecule has 0 unspecified atom stereocenters. The number of pyridine rings is 2. The molecule has 0 atom stereocenters. The van der Waals surface area contributed by atoms with Gasteiger partial charge in [0.1, 0.15) is 0 Å². The Morgan fingerprint density at radius 1 is 0.628 bits per heavy atom. The number of carbonyl (C=O) groups is 2. The second-order valence-corrected chi connectivity index (χ2v) is 11.2. The molecule has 4 aromatic carbocycles. The summed E-state index contributed by atoms with van der Waals surface area (Å²) in [6.07, 6.45) is 5.54. The van der Waals surface area contributed by atoms with Crippen molar-refractivity contribution in [3.05, 3.63) is 113 Å². The number of amides is 2. The molecule has 0 fully saturated rings. The summed E-state index contributed by atoms with van der Waals surface area (Å²) in [4.78, 5) is 35.4. The number of unbranched alkanes of at least 4 members (excludes halogenated alkanes) is 4. The van der Waals surface area contributed by atoms with Gasteiger partial charge in [0.05, 0.1) is 43.2 Å². The summed E-state index contributed by atoms with van der Waals surface area (Å²) in [7, 11) is 0. The summed E-state index contributed by atoms with van der Waals surface area (Å²) in [5, 5.41) is 10.7. The predicted molar refractivity (Wildman–Crippen MR) is 176 cm³/mol. The van der Waals surface area contributed by atoms with Crippen LogP contribution < -0.4 is 10.6 Å². The zero-order valence-electron chi connectivity index (χ0n) is 23.4. The van der Waals surface area contributed by atoms with E-state index in [0.29, 0.717) is 45.3 Å². The van der Waals surface area contributed by atoms with Gasteiger partial charge in [0.2, 0.25) is 0 Å². The van der Waals surface area contributed by atoms with E-state index in [1.165, 1.54) is 0 Å². The number of nitrogens with zero attached hydrogens (tertiary/aromatic N) is 2. The Hall–Kier alpha value is -4.26. The molecule has 8 heteroatoms. The molecular formula is C35H29Cl2N4O2. The molecule has 0 saturated heterocycles. The van der Waals surface area contributed by atoms with Crippen LogP contribution in [0.3, 0.4) is 0 Å². The number of hydrogen-bond donors (Lipinski definition) is 2. The van der Waals surface area contributed by atoms with Gasteiger partial charge in [-0.05, 0) is 80.6 Å². The lowest BCUT2D eigenvalue weighted by atomic mass is 10.1. The first-order valence-electron chi connectivity index (χ1n) is 14.3. The normalized spacial score (nSPS) is 11.4. The highest BCUT2D eigenvalue weighted by molar-refractivity contribution is 6.37. The third kappa shape index (κ3) is 6.26. The molecule has 43 heavy (non-hydrogen) atoms. The van der Waals surface area contributed by atoms with Crippen molar-refractivity contribution in [2.45, 2.75) is 25.7 Å². The van der Waals surface area contributed by atoms with Crippen LogP contribution in [0.4, 0.5) is 0 Å². The highest BCUT2D eigenvalue weighted by Gasteiger charge is 2.15. The average Bonchev–Trinajstić information content (AvgIpc) is 3.02. The van der Waals surface area contributed by atoms with E-state index in [1.54, 1.807) is 24.3 Å². The summed E-state index contributed by atoms with van der Waals surface area (Å²) in [5.74, 6) is -0.325. The number of aromatic nitrogens is 2. The first-order chi connectivity index (χ1) is 21.0. The van der Waals surface area contributed by atoms with Crippen molar-refractivity contribution in [2.24, 2.45) is 0 Å². The average molecular weight is 609 g/mol. The Kier molecular flexibility index (Phi) is 8.68. The predicted octanol–water partition coefficient (Wildman–Crippen LogP) is 8.32. The number of carbonyl (C=O) groups excluding carboxylic acids is 2. The van der Waals surface area contributed by atoms with Gasteiger partial charge in [0.25, 0.3) is 11.8 Å². The van der Waals surface area contributed by atoms with Gasteiger partial charge in [-0.2, -0.15) is 0 Å². The first kappa shape index (κ1) is 28.8. The largest absolute Gasteiger partial charge is 0.352 e. The summed E-state index contributed by atoms with van der Waals surface area (Å²) >= 11 is 12.8. The van der Waals surface area contributed by atoms with Gasteiger partial charge >= 0.3 is 0 Å². The van der Waals surface area contributed by atoms with Crippen molar-refractivity contribution >= 4 is 78.6 Å². The van der Waals surface area contributed by atoms with Crippen molar-refractivity contribution in [1.29, 1.82) is 0 Å². The number of nitrogens with one attached hydrogen (secondary N) is 2. The number of rotatable bonds is 10. The van der Waals surface area contributed by atoms with Gasteiger partial charge in [-0.15, -0.1) is 0 Å². The lowest BCUT2D eigenvalue weighted by molar-refractivity contribution is 0.0947. The van der Waals surface area contributed by atoms with Crippen LogP contribution in [-0.2, 0) is 0 Å². The van der Waals surface area contributed by atoms with E-state index in [0.717, 1.165) is 58.3 Å². The maximum atomic E-state index is 13.0. The lowest BCUT2D eigenvalue weighted by Crippen LogP contribution is -2.25. The fraction of sp³-hybridized carbons (Fsp3) is 0.171. The van der Waals surface area contributed by atoms with Gasteiger partial charge in [0.15, 0.2) is 0 Å². The number of hydrogen-bond acceptors (Lipinski definition) is 4. The SMILES string of the molecule is O=C(NCCC[CH]CCCNC(=O)c1ccc(Cl)c2cc3ccccc3nc12)c1ccc(Cl)c2cc3ccccc3nc12. The van der Waals surface area contributed by atoms with E-state index in [2.05, 4.69) is 17.1 Å². The van der Waals surface area contributed by atoms with Crippen LogP contribution in [0.1, 0.15) is 46.4 Å². The van der Waals surface area contributed by atoms with Crippen molar-refractivity contribution < 1.29 is 9.59 Å². The quantitative estimate of drug-likeness (QED) is 0.121. The van der Waals surface area contributed by atoms with Gasteiger partial charge in [0, 0.05) is 34.6 Å². The second kappa shape index (κ2) is 12.9. The maximum Gasteiger partial charge on any atom is 0.253 e. The monoisotopic (exact) mass is 607 g/mol. The summed E-state index contributed by atoms with van der Waals surface area (Å²) < 4.78 is 0. The third-order valence-electron chi connectivity index (χ3n) is 7.50. The van der Waals surface area contributed by atoms with E-state index in [9.17, 15) is 9.59 Å². The van der Waals surface area contributed by atoms with E-state index in [1.807, 2.05) is 60.7 Å². The van der Waals surface area contributed by atoms with Gasteiger partial charge in [-0.25, -0.2) is 9.97 Å². The molecule has 0 aliphatic carbocycles. The molecule has 0 bridgehead atoms. The van der Waals surface area contributed by atoms with Crippen molar-refractivity contribution in [2.75, 3.05) is 13.1 Å². The number of fused-ring (bicyclic) bond motifs is 4. The zero-order chi connectivity index (χ0) is 29.8. The molecule has 0 aliphatic heterocycles. The minimum atomic E-state index is -0.163. The molecular weight excluding hydrogens is 579 g/mol. The third-order valence-corrected chi connectivity index (χ3v) is 8.16. The maximum absolute atomic E-state index is 13.0. The summed E-state index contributed by atoms with van der Waals surface area (Å²) in [6, 6.07) is 26.5. The van der Waals surface area contributed by atoms with Crippen molar-refractivity contribution in [3.8, 4) is 0 Å². The molecule has 6 nitrogen and oxygen atoms in total. The minimum absolute atomic E-state index is 0.163. The van der Waals surface area contributed by atoms with E-state index in [-0.39, 0.29) is 11.8 Å². The Bertz CT molecular complexity index is 1850. The van der Waals surface area contributed by atoms with E-state index in [4.69, 9.17) is 33.2 Å². The molecule has 215 valence electrons. The number of benzene rings is 4. The molecule has 6 aromatic rings. The lowest BCUT2D eigenvalue weighted by Gasteiger charge is -2.10. The van der Waals surface area contributed by atoms with Crippen LogP contribution in [0.2, 0.25) is 10.0 Å². The Balaban J connectivity index is 0.953. The molecule has 2 N–H and O–H groups in total. The Morgan fingerprint density at radius 3 is 1.53 bits per heavy atom. The smallest absolute Gasteiger partial charge is 0.253 e. The molecule has 0 spiro atoms. The standard InChI is InChI=1S/C35H29Cl2N4O2/c36-28-16-14-24(32-26(28)20-22-10-4-6-12-30(22)40-32)34(42)38-18-8-2-1-3-9-19-39-35(43)25-15-17-29(37)27-21-23-11-5-7-13-31(23)41-33(25)27/h1,4-7,10-17,20-21H,2-3,8-9,18-19H2,(H,38,42)(H,39,43). The second-order valence-electron chi connectivity index (χ2n) is 10.4. The van der Waals surface area contributed by atoms with Gasteiger partial charge in [-0.1, -0.05) is 59.6 Å². The molecule has 2 heterocycles. The van der Waals surface area contributed by atoms with Crippen LogP contribution >= 0.6 is 23.2 Å². The zero-order valence-corrected chi connectivity index (χ0v) is 24.9. The fourth-order valence-electron chi connectivity index (χ4n) is 5.25. The van der Waals surface area contributed by atoms with Crippen molar-refractivity contribution in [1.82, 2.24) is 20.6 Å². The molecule has 6 rings (SSSR count).